The molecule has 0 saturated heterocycles. The molecule has 0 aromatic carbocycles. The Bertz CT molecular complexity index is 205. The molecule has 0 aromatic heterocycles. The summed E-state index contributed by atoms with van der Waals surface area (Å²) in [7, 11) is 3.86. The minimum absolute atomic E-state index is 0.0287. The Labute approximate surface area is 113 Å². The predicted octanol–water partition coefficient (Wildman–Crippen LogP) is 3.19. The predicted molar refractivity (Wildman–Crippen MR) is 78.8 cm³/mol. The quantitative estimate of drug-likeness (QED) is 0.576. The molecule has 18 heavy (non-hydrogen) atoms. The summed E-state index contributed by atoms with van der Waals surface area (Å²) >= 11 is 0. The molecule has 0 saturated carbocycles. The Morgan fingerprint density at radius 2 is 1.50 bits per heavy atom. The van der Waals surface area contributed by atoms with Gasteiger partial charge in [0.2, 0.25) is 5.91 Å². The van der Waals surface area contributed by atoms with Gasteiger partial charge in [0.25, 0.3) is 0 Å². The number of unbranched alkanes of at least 4 members (excludes halogenated alkanes) is 7. The van der Waals surface area contributed by atoms with Crippen molar-refractivity contribution in [3.05, 3.63) is 0 Å². The van der Waals surface area contributed by atoms with Crippen LogP contribution in [0, 0.1) is 0 Å². The average Bonchev–Trinajstić information content (AvgIpc) is 2.35. The third-order valence-corrected chi connectivity index (χ3v) is 3.48. The van der Waals surface area contributed by atoms with Crippen molar-refractivity contribution in [2.45, 2.75) is 71.3 Å². The second-order valence-electron chi connectivity index (χ2n) is 5.41. The number of hydrogen-bond acceptors (Lipinski definition) is 2. The zero-order valence-electron chi connectivity index (χ0n) is 12.8. The SMILES string of the molecule is CCCCCCCCCCNC(=O)C(C)N(C)C. The van der Waals surface area contributed by atoms with Crippen LogP contribution >= 0.6 is 0 Å². The summed E-state index contributed by atoms with van der Waals surface area (Å²) in [5.74, 6) is 0.142. The number of likely N-dealkylation sites (N-methyl/N-ethyl adjacent to an activating group) is 1. The van der Waals surface area contributed by atoms with Crippen molar-refractivity contribution in [1.82, 2.24) is 10.2 Å². The smallest absolute Gasteiger partial charge is 0.237 e. The van der Waals surface area contributed by atoms with Crippen molar-refractivity contribution in [3.63, 3.8) is 0 Å². The highest BCUT2D eigenvalue weighted by Gasteiger charge is 2.13. The monoisotopic (exact) mass is 256 g/mol. The van der Waals surface area contributed by atoms with Crippen molar-refractivity contribution < 1.29 is 4.79 Å². The highest BCUT2D eigenvalue weighted by molar-refractivity contribution is 5.81. The fourth-order valence-electron chi connectivity index (χ4n) is 1.85. The molecular formula is C15H32N2O. The molecule has 1 atom stereocenters. The number of rotatable bonds is 11. The van der Waals surface area contributed by atoms with Gasteiger partial charge in [-0.05, 0) is 27.4 Å². The van der Waals surface area contributed by atoms with Crippen molar-refractivity contribution in [2.24, 2.45) is 0 Å². The number of amides is 1. The maximum Gasteiger partial charge on any atom is 0.237 e. The van der Waals surface area contributed by atoms with Crippen LogP contribution in [0.2, 0.25) is 0 Å². The van der Waals surface area contributed by atoms with Crippen molar-refractivity contribution in [3.8, 4) is 0 Å². The van der Waals surface area contributed by atoms with Gasteiger partial charge in [-0.1, -0.05) is 51.9 Å². The first-order valence-electron chi connectivity index (χ1n) is 7.53. The first kappa shape index (κ1) is 17.4. The van der Waals surface area contributed by atoms with E-state index in [1.807, 2.05) is 25.9 Å². The van der Waals surface area contributed by atoms with Gasteiger partial charge in [0.1, 0.15) is 0 Å². The van der Waals surface area contributed by atoms with E-state index in [9.17, 15) is 4.79 Å². The molecule has 1 N–H and O–H groups in total. The summed E-state index contributed by atoms with van der Waals surface area (Å²) in [6, 6.07) is -0.0287. The van der Waals surface area contributed by atoms with Gasteiger partial charge in [-0.3, -0.25) is 9.69 Å². The molecule has 1 amide bonds. The zero-order chi connectivity index (χ0) is 13.8. The van der Waals surface area contributed by atoms with E-state index in [1.165, 1.54) is 44.9 Å². The Morgan fingerprint density at radius 1 is 1.00 bits per heavy atom. The molecule has 0 fully saturated rings. The maximum atomic E-state index is 11.6. The normalized spacial score (nSPS) is 12.7. The van der Waals surface area contributed by atoms with E-state index in [0.717, 1.165) is 13.0 Å². The molecule has 3 nitrogen and oxygen atoms in total. The Balaban J connectivity index is 3.27. The van der Waals surface area contributed by atoms with Gasteiger partial charge in [0.15, 0.2) is 0 Å². The second-order valence-corrected chi connectivity index (χ2v) is 5.41. The van der Waals surface area contributed by atoms with Gasteiger partial charge in [0.05, 0.1) is 6.04 Å². The van der Waals surface area contributed by atoms with E-state index < -0.39 is 0 Å². The first-order chi connectivity index (χ1) is 8.59. The zero-order valence-corrected chi connectivity index (χ0v) is 12.8. The number of nitrogens with zero attached hydrogens (tertiary/aromatic N) is 1. The van der Waals surface area contributed by atoms with Crippen LogP contribution in [0.25, 0.3) is 0 Å². The maximum absolute atomic E-state index is 11.6. The molecule has 108 valence electrons. The number of carbonyl (C=O) groups is 1. The molecule has 0 aliphatic heterocycles. The van der Waals surface area contributed by atoms with Crippen LogP contribution < -0.4 is 5.32 Å². The molecular weight excluding hydrogens is 224 g/mol. The molecule has 0 bridgehead atoms. The second kappa shape index (κ2) is 11.5. The van der Waals surface area contributed by atoms with Crippen LogP contribution in [-0.4, -0.2) is 37.5 Å². The van der Waals surface area contributed by atoms with E-state index in [4.69, 9.17) is 0 Å². The molecule has 0 spiro atoms. The molecule has 0 aliphatic rings. The van der Waals surface area contributed by atoms with Crippen molar-refractivity contribution in [1.29, 1.82) is 0 Å². The number of nitrogens with one attached hydrogen (secondary N) is 1. The minimum atomic E-state index is -0.0287. The molecule has 1 unspecified atom stereocenters. The summed E-state index contributed by atoms with van der Waals surface area (Å²) in [5.41, 5.74) is 0. The van der Waals surface area contributed by atoms with Crippen molar-refractivity contribution in [2.75, 3.05) is 20.6 Å². The van der Waals surface area contributed by atoms with Gasteiger partial charge in [0, 0.05) is 6.54 Å². The van der Waals surface area contributed by atoms with Crippen LogP contribution in [0.3, 0.4) is 0 Å². The molecule has 0 aliphatic carbocycles. The van der Waals surface area contributed by atoms with Crippen LogP contribution in [0.4, 0.5) is 0 Å². The third kappa shape index (κ3) is 9.46. The van der Waals surface area contributed by atoms with Gasteiger partial charge in [-0.2, -0.15) is 0 Å². The lowest BCUT2D eigenvalue weighted by Gasteiger charge is -2.18. The largest absolute Gasteiger partial charge is 0.355 e. The van der Waals surface area contributed by atoms with Gasteiger partial charge in [-0.15, -0.1) is 0 Å². The lowest BCUT2D eigenvalue weighted by molar-refractivity contribution is -0.124. The van der Waals surface area contributed by atoms with Crippen LogP contribution in [0.5, 0.6) is 0 Å². The summed E-state index contributed by atoms with van der Waals surface area (Å²) < 4.78 is 0. The molecule has 0 heterocycles. The lowest BCUT2D eigenvalue weighted by atomic mass is 10.1. The fourth-order valence-corrected chi connectivity index (χ4v) is 1.85. The summed E-state index contributed by atoms with van der Waals surface area (Å²) in [5, 5.41) is 2.99. The molecule has 3 heteroatoms. The van der Waals surface area contributed by atoms with Crippen LogP contribution in [0.15, 0.2) is 0 Å². The Kier molecular flexibility index (Phi) is 11.2. The Hall–Kier alpha value is -0.570. The lowest BCUT2D eigenvalue weighted by Crippen LogP contribution is -2.41. The van der Waals surface area contributed by atoms with Gasteiger partial charge in [-0.25, -0.2) is 0 Å². The van der Waals surface area contributed by atoms with E-state index in [2.05, 4.69) is 12.2 Å². The summed E-state index contributed by atoms with van der Waals surface area (Å²) in [4.78, 5) is 13.6. The fraction of sp³-hybridized carbons (Fsp3) is 0.933. The summed E-state index contributed by atoms with van der Waals surface area (Å²) in [6.07, 6.45) is 10.5. The highest BCUT2D eigenvalue weighted by Crippen LogP contribution is 2.07. The van der Waals surface area contributed by atoms with E-state index >= 15 is 0 Å². The van der Waals surface area contributed by atoms with Crippen LogP contribution in [-0.2, 0) is 4.79 Å². The number of hydrogen-bond donors (Lipinski definition) is 1. The third-order valence-electron chi connectivity index (χ3n) is 3.48. The van der Waals surface area contributed by atoms with Gasteiger partial charge >= 0.3 is 0 Å². The number of carbonyl (C=O) groups excluding carboxylic acids is 1. The average molecular weight is 256 g/mol. The molecule has 0 rings (SSSR count). The standard InChI is InChI=1S/C15H32N2O/c1-5-6-7-8-9-10-11-12-13-16-15(18)14(2)17(3)4/h14H,5-13H2,1-4H3,(H,16,18). The minimum Gasteiger partial charge on any atom is -0.355 e. The van der Waals surface area contributed by atoms with Crippen LogP contribution in [0.1, 0.15) is 65.2 Å². The van der Waals surface area contributed by atoms with E-state index in [-0.39, 0.29) is 11.9 Å². The summed E-state index contributed by atoms with van der Waals surface area (Å²) in [6.45, 7) is 5.01. The topological polar surface area (TPSA) is 32.3 Å². The van der Waals surface area contributed by atoms with E-state index in [0.29, 0.717) is 0 Å². The molecule has 0 aromatic rings. The molecule has 0 radical (unpaired) electrons. The van der Waals surface area contributed by atoms with E-state index in [1.54, 1.807) is 0 Å². The Morgan fingerprint density at radius 3 is 2.00 bits per heavy atom. The van der Waals surface area contributed by atoms with Crippen molar-refractivity contribution >= 4 is 5.91 Å². The first-order valence-corrected chi connectivity index (χ1v) is 7.53. The van der Waals surface area contributed by atoms with Gasteiger partial charge < -0.3 is 5.32 Å². The highest BCUT2D eigenvalue weighted by atomic mass is 16.2.